The summed E-state index contributed by atoms with van der Waals surface area (Å²) >= 11 is 5.62. The van der Waals surface area contributed by atoms with Crippen LogP contribution in [0.3, 0.4) is 0 Å². The van der Waals surface area contributed by atoms with E-state index in [9.17, 15) is 18.0 Å². The van der Waals surface area contributed by atoms with E-state index in [0.717, 1.165) is 12.1 Å². The molecule has 2 aromatic rings. The zero-order valence-electron chi connectivity index (χ0n) is 10.3. The topological polar surface area (TPSA) is 30.0 Å². The van der Waals surface area contributed by atoms with Gasteiger partial charge in [0.2, 0.25) is 0 Å². The third kappa shape index (κ3) is 2.99. The Hall–Kier alpha value is -1.88. The van der Waals surface area contributed by atoms with Crippen LogP contribution in [0, 0.1) is 6.92 Å². The molecule has 0 aliphatic carbocycles. The Morgan fingerprint density at radius 3 is 2.40 bits per heavy atom. The molecule has 0 spiro atoms. The fourth-order valence-corrected chi connectivity index (χ4v) is 1.87. The second kappa shape index (κ2) is 5.25. The highest BCUT2D eigenvalue weighted by Crippen LogP contribution is 2.30. The Morgan fingerprint density at radius 1 is 1.20 bits per heavy atom. The van der Waals surface area contributed by atoms with E-state index in [4.69, 9.17) is 11.6 Å². The van der Waals surface area contributed by atoms with Gasteiger partial charge >= 0.3 is 6.18 Å². The number of carbonyl (C=O) groups is 1. The molecule has 0 amide bonds. The number of benzene rings is 1. The fraction of sp³-hybridized carbons (Fsp3) is 0.143. The molecule has 0 saturated carbocycles. The van der Waals surface area contributed by atoms with E-state index >= 15 is 0 Å². The van der Waals surface area contributed by atoms with Crippen LogP contribution < -0.4 is 0 Å². The quantitative estimate of drug-likeness (QED) is 0.611. The Morgan fingerprint density at radius 2 is 1.90 bits per heavy atom. The van der Waals surface area contributed by atoms with Crippen LogP contribution in [0.15, 0.2) is 36.5 Å². The third-order valence-electron chi connectivity index (χ3n) is 2.79. The van der Waals surface area contributed by atoms with Crippen molar-refractivity contribution in [1.29, 1.82) is 0 Å². The molecule has 0 bridgehead atoms. The number of ketones is 1. The number of halogens is 4. The van der Waals surface area contributed by atoms with Gasteiger partial charge in [0.15, 0.2) is 5.78 Å². The first-order valence-corrected chi connectivity index (χ1v) is 6.01. The maximum atomic E-state index is 12.6. The van der Waals surface area contributed by atoms with Crippen molar-refractivity contribution < 1.29 is 18.0 Å². The molecule has 0 atom stereocenters. The lowest BCUT2D eigenvalue weighted by molar-refractivity contribution is -0.137. The minimum atomic E-state index is -4.42. The summed E-state index contributed by atoms with van der Waals surface area (Å²) in [7, 11) is 0. The van der Waals surface area contributed by atoms with Crippen LogP contribution >= 0.6 is 11.6 Å². The Labute approximate surface area is 118 Å². The molecule has 0 radical (unpaired) electrons. The SMILES string of the molecule is Cc1cc(C(F)(F)F)ccc1C(=O)c1ccc(Cl)nc1. The first-order valence-electron chi connectivity index (χ1n) is 5.63. The van der Waals surface area contributed by atoms with Crippen molar-refractivity contribution in [2.24, 2.45) is 0 Å². The van der Waals surface area contributed by atoms with Gasteiger partial charge in [-0.2, -0.15) is 13.2 Å². The standard InChI is InChI=1S/C14H9ClF3NO/c1-8-6-10(14(16,17)18)3-4-11(8)13(20)9-2-5-12(15)19-7-9/h2-7H,1H3. The molecule has 0 fully saturated rings. The van der Waals surface area contributed by atoms with Gasteiger partial charge in [0.25, 0.3) is 0 Å². The van der Waals surface area contributed by atoms with E-state index in [1.165, 1.54) is 31.3 Å². The normalized spacial score (nSPS) is 11.4. The van der Waals surface area contributed by atoms with Crippen LogP contribution in [-0.4, -0.2) is 10.8 Å². The first-order chi connectivity index (χ1) is 9.29. The van der Waals surface area contributed by atoms with Crippen molar-refractivity contribution in [3.05, 3.63) is 63.9 Å². The summed E-state index contributed by atoms with van der Waals surface area (Å²) < 4.78 is 37.7. The summed E-state index contributed by atoms with van der Waals surface area (Å²) in [6.45, 7) is 1.46. The van der Waals surface area contributed by atoms with Crippen molar-refractivity contribution >= 4 is 17.4 Å². The van der Waals surface area contributed by atoms with Crippen molar-refractivity contribution in [3.63, 3.8) is 0 Å². The number of hydrogen-bond donors (Lipinski definition) is 0. The molecule has 1 aromatic carbocycles. The average Bonchev–Trinajstić information content (AvgIpc) is 2.37. The Balaban J connectivity index is 2.38. The molecule has 6 heteroatoms. The van der Waals surface area contributed by atoms with Crippen molar-refractivity contribution in [3.8, 4) is 0 Å². The molecule has 2 rings (SSSR count). The molecule has 20 heavy (non-hydrogen) atoms. The number of carbonyl (C=O) groups excluding carboxylic acids is 1. The lowest BCUT2D eigenvalue weighted by Crippen LogP contribution is -2.09. The molecular weight excluding hydrogens is 291 g/mol. The highest BCUT2D eigenvalue weighted by Gasteiger charge is 2.31. The summed E-state index contributed by atoms with van der Waals surface area (Å²) in [4.78, 5) is 16.0. The Bertz CT molecular complexity index is 650. The van der Waals surface area contributed by atoms with Gasteiger partial charge in [-0.25, -0.2) is 4.98 Å². The highest BCUT2D eigenvalue weighted by atomic mass is 35.5. The van der Waals surface area contributed by atoms with Crippen LogP contribution in [0.25, 0.3) is 0 Å². The molecule has 0 aliphatic heterocycles. The molecule has 0 saturated heterocycles. The maximum absolute atomic E-state index is 12.6. The third-order valence-corrected chi connectivity index (χ3v) is 3.01. The number of aryl methyl sites for hydroxylation is 1. The zero-order chi connectivity index (χ0) is 14.9. The van der Waals surface area contributed by atoms with Gasteiger partial charge in [-0.05, 0) is 36.8 Å². The van der Waals surface area contributed by atoms with E-state index in [1.807, 2.05) is 0 Å². The van der Waals surface area contributed by atoms with E-state index in [2.05, 4.69) is 4.98 Å². The number of pyridine rings is 1. The summed E-state index contributed by atoms with van der Waals surface area (Å²) in [6.07, 6.45) is -3.13. The zero-order valence-corrected chi connectivity index (χ0v) is 11.1. The van der Waals surface area contributed by atoms with E-state index in [-0.39, 0.29) is 27.6 Å². The second-order valence-electron chi connectivity index (χ2n) is 4.23. The molecular formula is C14H9ClF3NO. The van der Waals surface area contributed by atoms with Crippen LogP contribution in [0.4, 0.5) is 13.2 Å². The average molecular weight is 300 g/mol. The predicted molar refractivity (Wildman–Crippen MR) is 68.9 cm³/mol. The van der Waals surface area contributed by atoms with Crippen molar-refractivity contribution in [2.75, 3.05) is 0 Å². The van der Waals surface area contributed by atoms with Crippen LogP contribution in [0.1, 0.15) is 27.0 Å². The van der Waals surface area contributed by atoms with Gasteiger partial charge in [0.1, 0.15) is 5.15 Å². The molecule has 0 N–H and O–H groups in total. The largest absolute Gasteiger partial charge is 0.416 e. The van der Waals surface area contributed by atoms with Crippen LogP contribution in [0.2, 0.25) is 5.15 Å². The molecule has 1 heterocycles. The van der Waals surface area contributed by atoms with Gasteiger partial charge < -0.3 is 0 Å². The van der Waals surface area contributed by atoms with Gasteiger partial charge in [-0.1, -0.05) is 17.7 Å². The maximum Gasteiger partial charge on any atom is 0.416 e. The molecule has 104 valence electrons. The van der Waals surface area contributed by atoms with E-state index in [1.54, 1.807) is 0 Å². The van der Waals surface area contributed by atoms with Gasteiger partial charge in [-0.3, -0.25) is 4.79 Å². The molecule has 2 nitrogen and oxygen atoms in total. The van der Waals surface area contributed by atoms with Crippen LogP contribution in [0.5, 0.6) is 0 Å². The summed E-state index contributed by atoms with van der Waals surface area (Å²) in [5, 5.41) is 0.241. The number of aromatic nitrogens is 1. The summed E-state index contributed by atoms with van der Waals surface area (Å²) in [5.74, 6) is -0.389. The van der Waals surface area contributed by atoms with Crippen molar-refractivity contribution in [2.45, 2.75) is 13.1 Å². The number of rotatable bonds is 2. The van der Waals surface area contributed by atoms with Crippen molar-refractivity contribution in [1.82, 2.24) is 4.98 Å². The van der Waals surface area contributed by atoms with E-state index < -0.39 is 11.7 Å². The van der Waals surface area contributed by atoms with Gasteiger partial charge in [-0.15, -0.1) is 0 Å². The predicted octanol–water partition coefficient (Wildman–Crippen LogP) is 4.29. The molecule has 0 aliphatic rings. The summed E-state index contributed by atoms with van der Waals surface area (Å²) in [6, 6.07) is 5.96. The fourth-order valence-electron chi connectivity index (χ4n) is 1.76. The monoisotopic (exact) mass is 299 g/mol. The van der Waals surface area contributed by atoms with Gasteiger partial charge in [0, 0.05) is 17.3 Å². The number of hydrogen-bond acceptors (Lipinski definition) is 2. The van der Waals surface area contributed by atoms with Gasteiger partial charge in [0.05, 0.1) is 5.56 Å². The minimum Gasteiger partial charge on any atom is -0.289 e. The first kappa shape index (κ1) is 14.5. The van der Waals surface area contributed by atoms with E-state index in [0.29, 0.717) is 0 Å². The highest BCUT2D eigenvalue weighted by molar-refractivity contribution is 6.29. The summed E-state index contributed by atoms with van der Waals surface area (Å²) in [5.41, 5.74) is -0.0278. The number of alkyl halides is 3. The minimum absolute atomic E-state index is 0.210. The lowest BCUT2D eigenvalue weighted by atomic mass is 9.98. The molecule has 1 aromatic heterocycles. The van der Waals surface area contributed by atoms with Crippen LogP contribution in [-0.2, 0) is 6.18 Å². The smallest absolute Gasteiger partial charge is 0.289 e. The molecule has 0 unspecified atom stereocenters. The second-order valence-corrected chi connectivity index (χ2v) is 4.61. The number of nitrogens with zero attached hydrogens (tertiary/aromatic N) is 1. The lowest BCUT2D eigenvalue weighted by Gasteiger charge is -2.10. The Kier molecular flexibility index (Phi) is 3.81.